The molecule has 0 fully saturated rings. The largest absolute Gasteiger partial charge is 0.294 e. The number of rotatable bonds is 6. The zero-order valence-corrected chi connectivity index (χ0v) is 17.9. The van der Waals surface area contributed by atoms with Gasteiger partial charge in [0.1, 0.15) is 0 Å². The molecule has 0 aliphatic rings. The summed E-state index contributed by atoms with van der Waals surface area (Å²) in [7, 11) is 0. The minimum atomic E-state index is -0.920. The first-order chi connectivity index (χ1) is 12.1. The summed E-state index contributed by atoms with van der Waals surface area (Å²) in [6.45, 7) is 3.44. The van der Waals surface area contributed by atoms with Crippen molar-refractivity contribution >= 4 is 62.8 Å². The number of ketones is 1. The van der Waals surface area contributed by atoms with E-state index in [1.54, 1.807) is 62.4 Å². The van der Waals surface area contributed by atoms with Gasteiger partial charge >= 0.3 is 0 Å². The van der Waals surface area contributed by atoms with Crippen molar-refractivity contribution in [3.05, 3.63) is 69.2 Å². The molecule has 26 heavy (non-hydrogen) atoms. The molecule has 138 valence electrons. The second kappa shape index (κ2) is 8.72. The molecular formula is C18H16BrCl3N2O2. The van der Waals surface area contributed by atoms with E-state index in [9.17, 15) is 9.59 Å². The monoisotopic (exact) mass is 476 g/mol. The number of carbonyl (C=O) groups excluding carboxylic acids is 2. The highest BCUT2D eigenvalue weighted by Crippen LogP contribution is 2.29. The predicted octanol–water partition coefficient (Wildman–Crippen LogP) is 6.12. The highest BCUT2D eigenvalue weighted by molar-refractivity contribution is 9.10. The number of benzene rings is 2. The summed E-state index contributed by atoms with van der Waals surface area (Å²) in [6, 6.07) is 13.4. The Bertz CT molecular complexity index is 812. The van der Waals surface area contributed by atoms with Crippen LogP contribution >= 0.6 is 51.1 Å². The van der Waals surface area contributed by atoms with Crippen LogP contribution in [0.4, 0.5) is 0 Å². The van der Waals surface area contributed by atoms with Crippen molar-refractivity contribution in [1.82, 2.24) is 9.06 Å². The van der Waals surface area contributed by atoms with Crippen LogP contribution < -0.4 is 0 Å². The van der Waals surface area contributed by atoms with Crippen molar-refractivity contribution in [2.45, 2.75) is 25.8 Å². The third kappa shape index (κ3) is 4.99. The van der Waals surface area contributed by atoms with Crippen LogP contribution in [-0.2, 0) is 0 Å². The number of amides is 1. The smallest absolute Gasteiger partial charge is 0.285 e. The van der Waals surface area contributed by atoms with E-state index in [4.69, 9.17) is 35.2 Å². The summed E-state index contributed by atoms with van der Waals surface area (Å²) in [5.74, 6) is -0.656. The zero-order chi connectivity index (χ0) is 19.5. The second-order valence-electron chi connectivity index (χ2n) is 6.22. The first-order valence-corrected chi connectivity index (χ1v) is 9.47. The topological polar surface area (TPSA) is 40.6 Å². The normalized spacial score (nSPS) is 11.5. The van der Waals surface area contributed by atoms with Gasteiger partial charge in [-0.3, -0.25) is 9.59 Å². The van der Waals surface area contributed by atoms with Crippen LogP contribution in [0.3, 0.4) is 0 Å². The van der Waals surface area contributed by atoms with E-state index in [2.05, 4.69) is 15.9 Å². The number of hydrazine groups is 1. The fourth-order valence-corrected chi connectivity index (χ4v) is 3.25. The molecule has 0 aliphatic heterocycles. The maximum atomic E-state index is 12.6. The average Bonchev–Trinajstić information content (AvgIpc) is 2.60. The molecule has 0 atom stereocenters. The molecule has 8 heteroatoms. The van der Waals surface area contributed by atoms with Gasteiger partial charge in [-0.2, -0.15) is 4.53 Å². The van der Waals surface area contributed by atoms with Crippen LogP contribution in [-0.4, -0.2) is 26.3 Å². The first-order valence-electron chi connectivity index (χ1n) is 7.63. The van der Waals surface area contributed by atoms with E-state index in [0.717, 1.165) is 9.06 Å². The number of carbonyl (C=O) groups is 2. The Hall–Kier alpha value is -1.11. The highest BCUT2D eigenvalue weighted by atomic mass is 79.9. The van der Waals surface area contributed by atoms with Gasteiger partial charge in [-0.15, -0.1) is 4.53 Å². The maximum Gasteiger partial charge on any atom is 0.285 e. The van der Waals surface area contributed by atoms with E-state index in [1.807, 2.05) is 0 Å². The molecule has 0 aliphatic carbocycles. The third-order valence-electron chi connectivity index (χ3n) is 3.68. The summed E-state index contributed by atoms with van der Waals surface area (Å²) in [5, 5.41) is 0.547. The van der Waals surface area contributed by atoms with Crippen LogP contribution in [0.2, 0.25) is 5.02 Å². The standard InChI is InChI=1S/C18H16BrCl3N2O2/c1-18(2,11-16(25)12-7-9-13(20)10-8-12)24(22)23(21)17(26)14-5-3-4-6-15(14)19/h3-10H,11H2,1-2H3. The van der Waals surface area contributed by atoms with Gasteiger partial charge < -0.3 is 0 Å². The van der Waals surface area contributed by atoms with Crippen LogP contribution in [0, 0.1) is 0 Å². The van der Waals surface area contributed by atoms with Gasteiger partial charge in [0.25, 0.3) is 5.91 Å². The first kappa shape index (κ1) is 21.2. The third-order valence-corrected chi connectivity index (χ3v) is 5.62. The highest BCUT2D eigenvalue weighted by Gasteiger charge is 2.36. The van der Waals surface area contributed by atoms with Crippen molar-refractivity contribution in [2.75, 3.05) is 0 Å². The molecule has 2 aromatic rings. The lowest BCUT2D eigenvalue weighted by molar-refractivity contribution is 0.0373. The Morgan fingerprint density at radius 2 is 1.62 bits per heavy atom. The molecule has 0 N–H and O–H groups in total. The minimum absolute atomic E-state index is 0.0462. The van der Waals surface area contributed by atoms with Gasteiger partial charge in [0.05, 0.1) is 11.1 Å². The second-order valence-corrected chi connectivity index (χ2v) is 8.16. The fraction of sp³-hybridized carbons (Fsp3) is 0.222. The van der Waals surface area contributed by atoms with E-state index < -0.39 is 11.4 Å². The Labute approximate surface area is 175 Å². The Morgan fingerprint density at radius 3 is 2.19 bits per heavy atom. The van der Waals surface area contributed by atoms with Gasteiger partial charge in [0, 0.05) is 45.0 Å². The van der Waals surface area contributed by atoms with Crippen molar-refractivity contribution in [2.24, 2.45) is 0 Å². The predicted molar refractivity (Wildman–Crippen MR) is 108 cm³/mol. The van der Waals surface area contributed by atoms with E-state index >= 15 is 0 Å². The minimum Gasteiger partial charge on any atom is -0.294 e. The van der Waals surface area contributed by atoms with Crippen LogP contribution in [0.25, 0.3) is 0 Å². The lowest BCUT2D eigenvalue weighted by Crippen LogP contribution is -2.48. The molecule has 2 rings (SSSR count). The quantitative estimate of drug-likeness (QED) is 0.285. The van der Waals surface area contributed by atoms with E-state index in [0.29, 0.717) is 20.6 Å². The van der Waals surface area contributed by atoms with Crippen LogP contribution in [0.15, 0.2) is 53.0 Å². The van der Waals surface area contributed by atoms with Crippen molar-refractivity contribution < 1.29 is 9.59 Å². The molecular weight excluding hydrogens is 462 g/mol. The lowest BCUT2D eigenvalue weighted by Gasteiger charge is -2.36. The maximum absolute atomic E-state index is 12.6. The van der Waals surface area contributed by atoms with Gasteiger partial charge in [-0.25, -0.2) is 0 Å². The molecule has 0 heterocycles. The van der Waals surface area contributed by atoms with Crippen molar-refractivity contribution in [3.8, 4) is 0 Å². The van der Waals surface area contributed by atoms with Gasteiger partial charge in [0.15, 0.2) is 5.78 Å². The van der Waals surface area contributed by atoms with Crippen molar-refractivity contribution in [3.63, 3.8) is 0 Å². The summed E-state index contributed by atoms with van der Waals surface area (Å²) in [6.07, 6.45) is 0.0462. The molecule has 0 bridgehead atoms. The number of nitrogens with zero attached hydrogens (tertiary/aromatic N) is 2. The van der Waals surface area contributed by atoms with Gasteiger partial charge in [-0.1, -0.05) is 23.7 Å². The Morgan fingerprint density at radius 1 is 1.04 bits per heavy atom. The van der Waals surface area contributed by atoms with E-state index in [-0.39, 0.29) is 12.2 Å². The number of Topliss-reactive ketones (excluding diaryl/α,β-unsaturated/α-hetero) is 1. The lowest BCUT2D eigenvalue weighted by atomic mass is 9.95. The van der Waals surface area contributed by atoms with Crippen molar-refractivity contribution in [1.29, 1.82) is 0 Å². The molecule has 4 nitrogen and oxygen atoms in total. The van der Waals surface area contributed by atoms with Gasteiger partial charge in [-0.05, 0) is 66.2 Å². The molecule has 2 aromatic carbocycles. The summed E-state index contributed by atoms with van der Waals surface area (Å²) in [5.41, 5.74) is -0.0597. The molecule has 0 saturated carbocycles. The molecule has 1 amide bonds. The SMILES string of the molecule is CC(C)(CC(=O)c1ccc(Cl)cc1)N(Cl)N(Cl)C(=O)c1ccccc1Br. The summed E-state index contributed by atoms with van der Waals surface area (Å²) in [4.78, 5) is 25.1. The number of hydrogen-bond acceptors (Lipinski definition) is 3. The van der Waals surface area contributed by atoms with E-state index in [1.165, 1.54) is 0 Å². The molecule has 0 unspecified atom stereocenters. The Kier molecular flexibility index (Phi) is 7.11. The summed E-state index contributed by atoms with van der Waals surface area (Å²) >= 11 is 21.6. The average molecular weight is 479 g/mol. The number of hydrogen-bond donors (Lipinski definition) is 0. The molecule has 0 aromatic heterocycles. The molecule has 0 spiro atoms. The number of halogens is 4. The van der Waals surface area contributed by atoms with Gasteiger partial charge in [0.2, 0.25) is 0 Å². The Balaban J connectivity index is 2.14. The van der Waals surface area contributed by atoms with Crippen LogP contribution in [0.5, 0.6) is 0 Å². The van der Waals surface area contributed by atoms with Crippen LogP contribution in [0.1, 0.15) is 41.0 Å². The zero-order valence-electron chi connectivity index (χ0n) is 14.0. The fourth-order valence-electron chi connectivity index (χ4n) is 2.25. The molecule has 0 radical (unpaired) electrons. The molecule has 0 saturated heterocycles. The summed E-state index contributed by atoms with van der Waals surface area (Å²) < 4.78 is 2.40.